The van der Waals surface area contributed by atoms with Crippen molar-refractivity contribution in [2.75, 3.05) is 63.1 Å². The first-order valence-corrected chi connectivity index (χ1v) is 13.5. The third kappa shape index (κ3) is 4.51. The van der Waals surface area contributed by atoms with Crippen molar-refractivity contribution in [1.82, 2.24) is 24.8 Å². The second kappa shape index (κ2) is 9.88. The van der Waals surface area contributed by atoms with Crippen molar-refractivity contribution in [2.24, 2.45) is 0 Å². The second-order valence-electron chi connectivity index (χ2n) is 10.1. The van der Waals surface area contributed by atoms with Gasteiger partial charge in [0, 0.05) is 61.1 Å². The van der Waals surface area contributed by atoms with E-state index < -0.39 is 0 Å². The molecule has 2 aliphatic heterocycles. The van der Waals surface area contributed by atoms with Gasteiger partial charge in [-0.3, -0.25) is 9.88 Å². The maximum Gasteiger partial charge on any atom is 0.142 e. The molecule has 2 aromatic heterocycles. The quantitative estimate of drug-likeness (QED) is 0.382. The highest BCUT2D eigenvalue weighted by Gasteiger charge is 2.24. The van der Waals surface area contributed by atoms with Crippen molar-refractivity contribution in [3.05, 3.63) is 47.6 Å². The minimum Gasteiger partial charge on any atom is -0.382 e. The third-order valence-electron chi connectivity index (χ3n) is 7.84. The van der Waals surface area contributed by atoms with Crippen LogP contribution in [0.5, 0.6) is 0 Å². The summed E-state index contributed by atoms with van der Waals surface area (Å²) in [5, 5.41) is 5.52. The number of halogens is 1. The van der Waals surface area contributed by atoms with Crippen LogP contribution in [0.4, 0.5) is 11.4 Å². The number of nitrogens with zero attached hydrogens (tertiary/aromatic N) is 5. The van der Waals surface area contributed by atoms with E-state index in [0.717, 1.165) is 78.3 Å². The van der Waals surface area contributed by atoms with Crippen LogP contribution in [0.2, 0.25) is 5.02 Å². The highest BCUT2D eigenvalue weighted by molar-refractivity contribution is 6.31. The summed E-state index contributed by atoms with van der Waals surface area (Å²) in [6.45, 7) is 9.66. The fourth-order valence-electron chi connectivity index (χ4n) is 5.68. The maximum absolute atomic E-state index is 6.43. The summed E-state index contributed by atoms with van der Waals surface area (Å²) in [6, 6.07) is 13.0. The molecule has 7 nitrogen and oxygen atoms in total. The predicted molar refractivity (Wildman–Crippen MR) is 150 cm³/mol. The van der Waals surface area contributed by atoms with Crippen LogP contribution < -0.4 is 10.2 Å². The van der Waals surface area contributed by atoms with Crippen molar-refractivity contribution in [3.63, 3.8) is 0 Å². The Hall–Kier alpha value is -2.87. The largest absolute Gasteiger partial charge is 0.382 e. The summed E-state index contributed by atoms with van der Waals surface area (Å²) in [7, 11) is 2.19. The zero-order valence-electron chi connectivity index (χ0n) is 21.1. The van der Waals surface area contributed by atoms with Gasteiger partial charge in [-0.2, -0.15) is 0 Å². The molecule has 0 bridgehead atoms. The topological polar surface area (TPSA) is 63.3 Å². The van der Waals surface area contributed by atoms with Gasteiger partial charge in [-0.15, -0.1) is 0 Å². The Bertz CT molecular complexity index is 1380. The van der Waals surface area contributed by atoms with Crippen LogP contribution in [0, 0.1) is 0 Å². The van der Waals surface area contributed by atoms with E-state index in [9.17, 15) is 0 Å². The molecule has 0 aliphatic carbocycles. The number of likely N-dealkylation sites (N-methyl/N-ethyl adjacent to an activating group) is 2. The maximum atomic E-state index is 6.43. The number of hydrogen-bond acceptors (Lipinski definition) is 6. The number of anilines is 2. The van der Waals surface area contributed by atoms with Crippen molar-refractivity contribution in [2.45, 2.75) is 25.8 Å². The minimum atomic E-state index is 0.534. The molecule has 1 atom stereocenters. The average molecular weight is 504 g/mol. The smallest absolute Gasteiger partial charge is 0.142 e. The van der Waals surface area contributed by atoms with Crippen molar-refractivity contribution >= 4 is 44.9 Å². The molecule has 6 rings (SSSR count). The number of likely N-dealkylation sites (tertiary alicyclic amines) is 1. The van der Waals surface area contributed by atoms with Crippen LogP contribution in [0.3, 0.4) is 0 Å². The number of aromatic nitrogens is 3. The molecular weight excluding hydrogens is 470 g/mol. The lowest BCUT2D eigenvalue weighted by atomic mass is 10.1. The Balaban J connectivity index is 1.37. The van der Waals surface area contributed by atoms with Crippen molar-refractivity contribution < 1.29 is 0 Å². The number of nitrogens with one attached hydrogen (secondary N) is 2. The van der Waals surface area contributed by atoms with Crippen LogP contribution in [-0.2, 0) is 0 Å². The molecule has 4 heterocycles. The van der Waals surface area contributed by atoms with Gasteiger partial charge < -0.3 is 20.1 Å². The molecule has 0 saturated carbocycles. The molecule has 0 unspecified atom stereocenters. The lowest BCUT2D eigenvalue weighted by Crippen LogP contribution is -2.44. The van der Waals surface area contributed by atoms with Gasteiger partial charge in [0.05, 0.1) is 27.8 Å². The number of fused-ring (bicyclic) bond motifs is 2. The van der Waals surface area contributed by atoms with Crippen LogP contribution >= 0.6 is 11.6 Å². The molecule has 2 aliphatic rings. The molecular formula is C28H34ClN7. The van der Waals surface area contributed by atoms with E-state index in [1.165, 1.54) is 25.1 Å². The highest BCUT2D eigenvalue weighted by Crippen LogP contribution is 2.35. The van der Waals surface area contributed by atoms with E-state index in [0.29, 0.717) is 11.1 Å². The first kappa shape index (κ1) is 23.5. The Morgan fingerprint density at radius 2 is 1.89 bits per heavy atom. The summed E-state index contributed by atoms with van der Waals surface area (Å²) in [5.74, 6) is 0.830. The summed E-state index contributed by atoms with van der Waals surface area (Å²) in [4.78, 5) is 20.7. The average Bonchev–Trinajstić information content (AvgIpc) is 3.53. The van der Waals surface area contributed by atoms with Crippen molar-refractivity contribution in [1.29, 1.82) is 0 Å². The summed E-state index contributed by atoms with van der Waals surface area (Å²) >= 11 is 6.43. The van der Waals surface area contributed by atoms with Gasteiger partial charge in [0.1, 0.15) is 5.82 Å². The first-order chi connectivity index (χ1) is 17.6. The Kier molecular flexibility index (Phi) is 6.46. The standard InChI is InChI=1S/C28H34ClN7/c1-3-35-10-4-5-21(35)17-31-27-22-15-19(29)6-8-24(22)30-18-23(27)28-32-25-9-7-20(16-26(25)33-28)36-13-11-34(2)12-14-36/h6-9,15-16,18,21H,3-5,10-14,17H2,1-2H3,(H,30,31)(H,32,33)/t21-/m0/s1. The van der Waals surface area contributed by atoms with Crippen LogP contribution in [0.15, 0.2) is 42.6 Å². The highest BCUT2D eigenvalue weighted by atomic mass is 35.5. The number of H-pyrrole nitrogens is 1. The molecule has 2 saturated heterocycles. The predicted octanol–water partition coefficient (Wildman–Crippen LogP) is 5.08. The number of aromatic amines is 1. The lowest BCUT2D eigenvalue weighted by Gasteiger charge is -2.34. The molecule has 188 valence electrons. The molecule has 2 fully saturated rings. The summed E-state index contributed by atoms with van der Waals surface area (Å²) in [5.41, 5.74) is 6.21. The van der Waals surface area contributed by atoms with Gasteiger partial charge in [-0.25, -0.2) is 4.98 Å². The van der Waals surface area contributed by atoms with Gasteiger partial charge in [0.15, 0.2) is 0 Å². The molecule has 36 heavy (non-hydrogen) atoms. The van der Waals surface area contributed by atoms with E-state index in [1.807, 2.05) is 24.4 Å². The van der Waals surface area contributed by atoms with E-state index in [-0.39, 0.29) is 0 Å². The fourth-order valence-corrected chi connectivity index (χ4v) is 5.86. The van der Waals surface area contributed by atoms with Crippen LogP contribution in [0.1, 0.15) is 19.8 Å². The number of pyridine rings is 1. The lowest BCUT2D eigenvalue weighted by molar-refractivity contribution is 0.277. The van der Waals surface area contributed by atoms with Gasteiger partial charge in [-0.1, -0.05) is 18.5 Å². The number of piperazine rings is 1. The van der Waals surface area contributed by atoms with Crippen LogP contribution in [0.25, 0.3) is 33.3 Å². The number of benzene rings is 2. The fraction of sp³-hybridized carbons (Fsp3) is 0.429. The first-order valence-electron chi connectivity index (χ1n) is 13.1. The minimum absolute atomic E-state index is 0.534. The summed E-state index contributed by atoms with van der Waals surface area (Å²) < 4.78 is 0. The molecule has 0 spiro atoms. The summed E-state index contributed by atoms with van der Waals surface area (Å²) in [6.07, 6.45) is 4.42. The Labute approximate surface area is 217 Å². The van der Waals surface area contributed by atoms with Crippen LogP contribution in [-0.4, -0.2) is 83.7 Å². The zero-order valence-corrected chi connectivity index (χ0v) is 21.9. The Morgan fingerprint density at radius 1 is 1.06 bits per heavy atom. The number of imidazole rings is 1. The van der Waals surface area contributed by atoms with Crippen molar-refractivity contribution in [3.8, 4) is 11.4 Å². The normalized spacial score (nSPS) is 19.5. The van der Waals surface area contributed by atoms with E-state index in [4.69, 9.17) is 21.6 Å². The molecule has 0 radical (unpaired) electrons. The Morgan fingerprint density at radius 3 is 2.72 bits per heavy atom. The van der Waals surface area contributed by atoms with E-state index in [2.05, 4.69) is 57.2 Å². The zero-order chi connectivity index (χ0) is 24.6. The molecule has 8 heteroatoms. The molecule has 2 N–H and O–H groups in total. The number of hydrogen-bond donors (Lipinski definition) is 2. The monoisotopic (exact) mass is 503 g/mol. The molecule has 4 aromatic rings. The third-order valence-corrected chi connectivity index (χ3v) is 8.07. The van der Waals surface area contributed by atoms with E-state index in [1.54, 1.807) is 0 Å². The molecule has 2 aromatic carbocycles. The van der Waals surface area contributed by atoms with Gasteiger partial charge in [-0.05, 0) is 69.4 Å². The van der Waals surface area contributed by atoms with Gasteiger partial charge in [0.2, 0.25) is 0 Å². The van der Waals surface area contributed by atoms with Gasteiger partial charge >= 0.3 is 0 Å². The SMILES string of the molecule is CCN1CCC[C@H]1CNc1c(-c2nc3ccc(N4CCN(C)CC4)cc3[nH]2)cnc2ccc(Cl)cc12. The van der Waals surface area contributed by atoms with Gasteiger partial charge in [0.25, 0.3) is 0 Å². The second-order valence-corrected chi connectivity index (χ2v) is 10.5. The molecule has 0 amide bonds. The number of rotatable bonds is 6. The van der Waals surface area contributed by atoms with E-state index >= 15 is 0 Å².